The van der Waals surface area contributed by atoms with E-state index in [0.717, 1.165) is 31.2 Å². The quantitative estimate of drug-likeness (QED) is 0.601. The molecule has 1 aliphatic rings. The average Bonchev–Trinajstić information content (AvgIpc) is 3.10. The van der Waals surface area contributed by atoms with Crippen LogP contribution in [-0.2, 0) is 15.6 Å². The van der Waals surface area contributed by atoms with Gasteiger partial charge in [-0.15, -0.1) is 0 Å². The van der Waals surface area contributed by atoms with Crippen LogP contribution < -0.4 is 5.32 Å². The molecule has 1 amide bonds. The smallest absolute Gasteiger partial charge is 0.287 e. The van der Waals surface area contributed by atoms with E-state index >= 15 is 0 Å². The van der Waals surface area contributed by atoms with Crippen molar-refractivity contribution >= 4 is 26.7 Å². The summed E-state index contributed by atoms with van der Waals surface area (Å²) in [7, 11) is -3.34. The third-order valence-electron chi connectivity index (χ3n) is 5.88. The molecule has 1 unspecified atom stereocenters. The van der Waals surface area contributed by atoms with Crippen LogP contribution in [0, 0.1) is 5.92 Å². The number of carbonyl (C=O) groups excluding carboxylic acids is 1. The molecular formula is C24H27NO4S. The predicted octanol–water partition coefficient (Wildman–Crippen LogP) is 5.03. The van der Waals surface area contributed by atoms with Crippen LogP contribution in [0.2, 0.25) is 0 Å². The van der Waals surface area contributed by atoms with Gasteiger partial charge in [0.05, 0.1) is 11.8 Å². The molecular weight excluding hydrogens is 398 g/mol. The van der Waals surface area contributed by atoms with Crippen molar-refractivity contribution < 1.29 is 17.6 Å². The van der Waals surface area contributed by atoms with Crippen molar-refractivity contribution in [2.75, 3.05) is 6.26 Å². The van der Waals surface area contributed by atoms with Crippen LogP contribution in [0.5, 0.6) is 0 Å². The van der Waals surface area contributed by atoms with Crippen LogP contribution in [0.1, 0.15) is 59.8 Å². The molecule has 0 spiro atoms. The van der Waals surface area contributed by atoms with E-state index in [4.69, 9.17) is 4.42 Å². The first-order valence-corrected chi connectivity index (χ1v) is 12.5. The second-order valence-electron chi connectivity index (χ2n) is 8.24. The van der Waals surface area contributed by atoms with Crippen LogP contribution >= 0.6 is 0 Å². The van der Waals surface area contributed by atoms with Crippen molar-refractivity contribution in [3.05, 3.63) is 71.5 Å². The molecule has 4 rings (SSSR count). The van der Waals surface area contributed by atoms with Gasteiger partial charge in [-0.25, -0.2) is 8.42 Å². The lowest BCUT2D eigenvalue weighted by molar-refractivity contribution is 0.0885. The molecule has 1 aromatic heterocycles. The van der Waals surface area contributed by atoms with E-state index in [1.54, 1.807) is 12.1 Å². The van der Waals surface area contributed by atoms with Crippen molar-refractivity contribution in [1.82, 2.24) is 5.32 Å². The van der Waals surface area contributed by atoms with Gasteiger partial charge in [0.1, 0.15) is 5.58 Å². The number of amides is 1. The van der Waals surface area contributed by atoms with E-state index in [1.807, 2.05) is 42.5 Å². The number of fused-ring (bicyclic) bond motifs is 1. The molecule has 1 atom stereocenters. The number of hydrogen-bond donors (Lipinski definition) is 1. The Hall–Kier alpha value is -2.60. The lowest BCUT2D eigenvalue weighted by Gasteiger charge is -2.31. The van der Waals surface area contributed by atoms with Crippen LogP contribution in [-0.4, -0.2) is 20.6 Å². The molecule has 1 fully saturated rings. The van der Waals surface area contributed by atoms with Crippen LogP contribution in [0.15, 0.2) is 59.0 Å². The van der Waals surface area contributed by atoms with Crippen molar-refractivity contribution in [3.8, 4) is 0 Å². The number of hydrogen-bond acceptors (Lipinski definition) is 4. The fourth-order valence-electron chi connectivity index (χ4n) is 4.50. The van der Waals surface area contributed by atoms with Crippen molar-refractivity contribution in [2.45, 2.75) is 43.9 Å². The topological polar surface area (TPSA) is 76.4 Å². The second-order valence-corrected chi connectivity index (χ2v) is 10.4. The number of sulfone groups is 1. The minimum absolute atomic E-state index is 0.0957. The van der Waals surface area contributed by atoms with E-state index in [1.165, 1.54) is 12.7 Å². The molecule has 5 nitrogen and oxygen atoms in total. The predicted molar refractivity (Wildman–Crippen MR) is 118 cm³/mol. The molecule has 1 N–H and O–H groups in total. The normalized spacial score (nSPS) is 16.4. The summed E-state index contributed by atoms with van der Waals surface area (Å²) < 4.78 is 29.9. The highest BCUT2D eigenvalue weighted by Crippen LogP contribution is 2.35. The molecule has 1 aliphatic carbocycles. The van der Waals surface area contributed by atoms with Gasteiger partial charge in [0.2, 0.25) is 0 Å². The maximum atomic E-state index is 13.3. The number of rotatable bonds is 6. The SMILES string of the molecule is CS(=O)(=O)Cc1c(C(=O)NC(c2ccccc2)C2CCCCC2)oc2ccccc12. The molecule has 2 aromatic carbocycles. The summed E-state index contributed by atoms with van der Waals surface area (Å²) in [6.45, 7) is 0. The molecule has 1 saturated carbocycles. The van der Waals surface area contributed by atoms with Crippen molar-refractivity contribution in [3.63, 3.8) is 0 Å². The minimum atomic E-state index is -3.34. The number of benzene rings is 2. The van der Waals surface area contributed by atoms with Gasteiger partial charge in [0.25, 0.3) is 5.91 Å². The standard InChI is InChI=1S/C24H27NO4S/c1-30(27,28)16-20-19-14-8-9-15-21(19)29-23(20)24(26)25-22(17-10-4-2-5-11-17)18-12-6-3-7-13-18/h2,4-5,8-11,14-15,18,22H,3,6-7,12-13,16H2,1H3,(H,25,26). The van der Waals surface area contributed by atoms with E-state index in [9.17, 15) is 13.2 Å². The summed E-state index contributed by atoms with van der Waals surface area (Å²) in [5, 5.41) is 3.85. The Labute approximate surface area is 177 Å². The van der Waals surface area contributed by atoms with Crippen LogP contribution in [0.4, 0.5) is 0 Å². The first kappa shape index (κ1) is 20.7. The highest BCUT2D eigenvalue weighted by molar-refractivity contribution is 7.89. The van der Waals surface area contributed by atoms with Crippen molar-refractivity contribution in [1.29, 1.82) is 0 Å². The highest BCUT2D eigenvalue weighted by atomic mass is 32.2. The summed E-state index contributed by atoms with van der Waals surface area (Å²) in [5.41, 5.74) is 2.02. The number of nitrogens with one attached hydrogen (secondary N) is 1. The summed E-state index contributed by atoms with van der Waals surface area (Å²) in [6, 6.07) is 17.1. The van der Waals surface area contributed by atoms with Crippen molar-refractivity contribution in [2.24, 2.45) is 5.92 Å². The second kappa shape index (κ2) is 8.64. The lowest BCUT2D eigenvalue weighted by atomic mass is 9.81. The molecule has 0 bridgehead atoms. The van der Waals surface area contributed by atoms with Gasteiger partial charge in [0, 0.05) is 17.2 Å². The van der Waals surface area contributed by atoms with E-state index in [2.05, 4.69) is 5.32 Å². The van der Waals surface area contributed by atoms with Gasteiger partial charge in [0.15, 0.2) is 15.6 Å². The molecule has 158 valence electrons. The van der Waals surface area contributed by atoms with Gasteiger partial charge in [-0.05, 0) is 30.4 Å². The van der Waals surface area contributed by atoms with Gasteiger partial charge >= 0.3 is 0 Å². The fraction of sp³-hybridized carbons (Fsp3) is 0.375. The first-order chi connectivity index (χ1) is 14.4. The zero-order valence-electron chi connectivity index (χ0n) is 17.1. The number of carbonyl (C=O) groups is 1. The zero-order valence-corrected chi connectivity index (χ0v) is 18.0. The summed E-state index contributed by atoms with van der Waals surface area (Å²) in [6.07, 6.45) is 6.85. The maximum Gasteiger partial charge on any atom is 0.287 e. The number of furan rings is 1. The van der Waals surface area contributed by atoms with E-state index in [-0.39, 0.29) is 23.5 Å². The maximum absolute atomic E-state index is 13.3. The zero-order chi connectivity index (χ0) is 21.1. The third kappa shape index (κ3) is 4.59. The van der Waals surface area contributed by atoms with Crippen LogP contribution in [0.3, 0.4) is 0 Å². The van der Waals surface area contributed by atoms with Gasteiger partial charge < -0.3 is 9.73 Å². The van der Waals surface area contributed by atoms with Gasteiger partial charge in [-0.2, -0.15) is 0 Å². The molecule has 0 aliphatic heterocycles. The molecule has 3 aromatic rings. The summed E-state index contributed by atoms with van der Waals surface area (Å²) in [4.78, 5) is 13.3. The molecule has 0 radical (unpaired) electrons. The Kier molecular flexibility index (Phi) is 5.95. The third-order valence-corrected chi connectivity index (χ3v) is 6.69. The monoisotopic (exact) mass is 425 g/mol. The highest BCUT2D eigenvalue weighted by Gasteiger charge is 2.30. The Morgan fingerprint density at radius 3 is 2.40 bits per heavy atom. The largest absolute Gasteiger partial charge is 0.451 e. The number of para-hydroxylation sites is 1. The Morgan fingerprint density at radius 2 is 1.70 bits per heavy atom. The Bertz CT molecular complexity index is 1130. The first-order valence-electron chi connectivity index (χ1n) is 10.5. The molecule has 1 heterocycles. The molecule has 30 heavy (non-hydrogen) atoms. The summed E-state index contributed by atoms with van der Waals surface area (Å²) >= 11 is 0. The Morgan fingerprint density at radius 1 is 1.03 bits per heavy atom. The van der Waals surface area contributed by atoms with Crippen LogP contribution in [0.25, 0.3) is 11.0 Å². The molecule has 6 heteroatoms. The minimum Gasteiger partial charge on any atom is -0.451 e. The van der Waals surface area contributed by atoms with E-state index in [0.29, 0.717) is 22.5 Å². The average molecular weight is 426 g/mol. The molecule has 0 saturated heterocycles. The van der Waals surface area contributed by atoms with Gasteiger partial charge in [-0.1, -0.05) is 67.8 Å². The summed E-state index contributed by atoms with van der Waals surface area (Å²) in [5.74, 6) is -0.137. The lowest BCUT2D eigenvalue weighted by Crippen LogP contribution is -2.34. The van der Waals surface area contributed by atoms with E-state index < -0.39 is 9.84 Å². The van der Waals surface area contributed by atoms with Gasteiger partial charge in [-0.3, -0.25) is 4.79 Å². The fourth-order valence-corrected chi connectivity index (χ4v) is 5.31. The Balaban J connectivity index is 1.70.